The molecule has 0 spiro atoms. The molecule has 0 saturated carbocycles. The summed E-state index contributed by atoms with van der Waals surface area (Å²) >= 11 is 0. The van der Waals surface area contributed by atoms with E-state index in [9.17, 15) is 4.79 Å². The first-order valence-corrected chi connectivity index (χ1v) is 4.67. The van der Waals surface area contributed by atoms with Gasteiger partial charge in [0.25, 0.3) is 0 Å². The Morgan fingerprint density at radius 2 is 2.33 bits per heavy atom. The van der Waals surface area contributed by atoms with Crippen molar-refractivity contribution in [1.29, 1.82) is 0 Å². The molecular weight excluding hydrogens is 192 g/mol. The first-order chi connectivity index (χ1) is 7.18. The number of hydrogen-bond donors (Lipinski definition) is 0. The topological polar surface area (TPSA) is 52.7 Å². The molecule has 15 heavy (non-hydrogen) atoms. The minimum absolute atomic E-state index is 0.0576. The van der Waals surface area contributed by atoms with E-state index in [0.717, 1.165) is 5.82 Å². The fraction of sp³-hybridized carbons (Fsp3) is 0.300. The van der Waals surface area contributed by atoms with Gasteiger partial charge < -0.3 is 9.13 Å². The van der Waals surface area contributed by atoms with Crippen molar-refractivity contribution in [1.82, 2.24) is 19.3 Å². The van der Waals surface area contributed by atoms with Crippen LogP contribution in [-0.2, 0) is 13.6 Å². The summed E-state index contributed by atoms with van der Waals surface area (Å²) in [7, 11) is 1.88. The molecule has 78 valence electrons. The minimum Gasteiger partial charge on any atom is -0.337 e. The highest BCUT2D eigenvalue weighted by Crippen LogP contribution is 2.06. The molecule has 5 heteroatoms. The Labute approximate surface area is 87.4 Å². The summed E-state index contributed by atoms with van der Waals surface area (Å²) in [5, 5.41) is 7.76. The van der Waals surface area contributed by atoms with Crippen LogP contribution in [0.2, 0.25) is 0 Å². The highest BCUT2D eigenvalue weighted by molar-refractivity contribution is 5.92. The monoisotopic (exact) mass is 204 g/mol. The Bertz CT molecular complexity index is 483. The van der Waals surface area contributed by atoms with Crippen molar-refractivity contribution in [3.63, 3.8) is 0 Å². The van der Waals surface area contributed by atoms with Gasteiger partial charge in [0.05, 0.1) is 12.2 Å². The molecule has 0 radical (unpaired) electrons. The minimum atomic E-state index is 0.0576. The standard InChI is InChI=1S/C10H12N4O/c1-8(15)9-4-3-5-14(9)6-10-12-11-7-13(10)2/h3-5,7H,6H2,1-2H3. The van der Waals surface area contributed by atoms with Gasteiger partial charge in [0.2, 0.25) is 0 Å². The van der Waals surface area contributed by atoms with Crippen LogP contribution in [0.15, 0.2) is 24.7 Å². The Kier molecular flexibility index (Phi) is 2.37. The summed E-state index contributed by atoms with van der Waals surface area (Å²) < 4.78 is 3.70. The predicted octanol–water partition coefficient (Wildman–Crippen LogP) is 0.867. The molecule has 2 heterocycles. The third-order valence-corrected chi connectivity index (χ3v) is 2.31. The average molecular weight is 204 g/mol. The maximum atomic E-state index is 11.3. The van der Waals surface area contributed by atoms with E-state index in [1.165, 1.54) is 0 Å². The van der Waals surface area contributed by atoms with E-state index >= 15 is 0 Å². The summed E-state index contributed by atoms with van der Waals surface area (Å²) in [6, 6.07) is 3.66. The lowest BCUT2D eigenvalue weighted by atomic mass is 10.3. The molecule has 0 N–H and O–H groups in total. The number of hydrogen-bond acceptors (Lipinski definition) is 3. The molecule has 2 rings (SSSR count). The molecule has 0 fully saturated rings. The van der Waals surface area contributed by atoms with E-state index in [1.54, 1.807) is 19.3 Å². The molecule has 0 atom stereocenters. The van der Waals surface area contributed by atoms with Gasteiger partial charge in [-0.2, -0.15) is 0 Å². The van der Waals surface area contributed by atoms with Crippen LogP contribution in [0.5, 0.6) is 0 Å². The molecule has 0 aliphatic heterocycles. The number of ketones is 1. The van der Waals surface area contributed by atoms with Gasteiger partial charge in [-0.25, -0.2) is 0 Å². The molecule has 5 nitrogen and oxygen atoms in total. The van der Waals surface area contributed by atoms with Crippen LogP contribution in [0.3, 0.4) is 0 Å². The Balaban J connectivity index is 2.28. The van der Waals surface area contributed by atoms with E-state index in [2.05, 4.69) is 10.2 Å². The van der Waals surface area contributed by atoms with Gasteiger partial charge in [-0.15, -0.1) is 10.2 Å². The van der Waals surface area contributed by atoms with Crippen LogP contribution < -0.4 is 0 Å². The van der Waals surface area contributed by atoms with Crippen molar-refractivity contribution < 1.29 is 4.79 Å². The Morgan fingerprint density at radius 3 is 2.93 bits per heavy atom. The van der Waals surface area contributed by atoms with Crippen LogP contribution in [0.4, 0.5) is 0 Å². The number of aryl methyl sites for hydroxylation is 1. The molecule has 0 bridgehead atoms. The molecule has 0 aromatic carbocycles. The second-order valence-corrected chi connectivity index (χ2v) is 3.44. The normalized spacial score (nSPS) is 10.5. The van der Waals surface area contributed by atoms with Gasteiger partial charge in [0.15, 0.2) is 11.6 Å². The lowest BCUT2D eigenvalue weighted by molar-refractivity contribution is 0.100. The summed E-state index contributed by atoms with van der Waals surface area (Å²) in [4.78, 5) is 11.3. The second-order valence-electron chi connectivity index (χ2n) is 3.44. The molecule has 2 aromatic rings. The average Bonchev–Trinajstić information content (AvgIpc) is 2.77. The number of carbonyl (C=O) groups excluding carboxylic acids is 1. The van der Waals surface area contributed by atoms with Crippen LogP contribution in [0.1, 0.15) is 23.2 Å². The summed E-state index contributed by atoms with van der Waals surface area (Å²) in [6.07, 6.45) is 3.51. The van der Waals surface area contributed by atoms with Crippen molar-refractivity contribution in [3.8, 4) is 0 Å². The Hall–Kier alpha value is -1.91. The lowest BCUT2D eigenvalue weighted by Crippen LogP contribution is -2.10. The maximum Gasteiger partial charge on any atom is 0.176 e. The summed E-state index contributed by atoms with van der Waals surface area (Å²) in [5.74, 6) is 0.885. The zero-order valence-corrected chi connectivity index (χ0v) is 8.71. The van der Waals surface area contributed by atoms with Gasteiger partial charge in [-0.1, -0.05) is 0 Å². The lowest BCUT2D eigenvalue weighted by Gasteiger charge is -2.05. The largest absolute Gasteiger partial charge is 0.337 e. The van der Waals surface area contributed by atoms with Gasteiger partial charge in [-0.3, -0.25) is 4.79 Å². The van der Waals surface area contributed by atoms with Gasteiger partial charge in [-0.05, 0) is 12.1 Å². The fourth-order valence-electron chi connectivity index (χ4n) is 1.47. The quantitative estimate of drug-likeness (QED) is 0.697. The number of aromatic nitrogens is 4. The molecule has 2 aromatic heterocycles. The van der Waals surface area contributed by atoms with Gasteiger partial charge >= 0.3 is 0 Å². The molecular formula is C10H12N4O. The van der Waals surface area contributed by atoms with E-state index in [1.807, 2.05) is 28.4 Å². The SMILES string of the molecule is CC(=O)c1cccn1Cc1nncn1C. The smallest absolute Gasteiger partial charge is 0.176 e. The molecule has 0 saturated heterocycles. The fourth-order valence-corrected chi connectivity index (χ4v) is 1.47. The van der Waals surface area contributed by atoms with Crippen LogP contribution in [0.25, 0.3) is 0 Å². The summed E-state index contributed by atoms with van der Waals surface area (Å²) in [5.41, 5.74) is 0.693. The predicted molar refractivity (Wildman–Crippen MR) is 54.5 cm³/mol. The summed E-state index contributed by atoms with van der Waals surface area (Å²) in [6.45, 7) is 2.13. The van der Waals surface area contributed by atoms with E-state index in [0.29, 0.717) is 12.2 Å². The third kappa shape index (κ3) is 1.81. The van der Waals surface area contributed by atoms with Crippen molar-refractivity contribution in [2.24, 2.45) is 7.05 Å². The van der Waals surface area contributed by atoms with Crippen LogP contribution >= 0.6 is 0 Å². The zero-order valence-electron chi connectivity index (χ0n) is 8.71. The molecule has 0 aliphatic rings. The van der Waals surface area contributed by atoms with E-state index < -0.39 is 0 Å². The number of carbonyl (C=O) groups is 1. The van der Waals surface area contributed by atoms with Gasteiger partial charge in [0, 0.05) is 20.2 Å². The van der Waals surface area contributed by atoms with Crippen molar-refractivity contribution in [2.45, 2.75) is 13.5 Å². The van der Waals surface area contributed by atoms with E-state index in [4.69, 9.17) is 0 Å². The molecule has 0 aliphatic carbocycles. The highest BCUT2D eigenvalue weighted by Gasteiger charge is 2.08. The van der Waals surface area contributed by atoms with Crippen molar-refractivity contribution >= 4 is 5.78 Å². The highest BCUT2D eigenvalue weighted by atomic mass is 16.1. The van der Waals surface area contributed by atoms with Crippen LogP contribution in [0, 0.1) is 0 Å². The first-order valence-electron chi connectivity index (χ1n) is 4.67. The van der Waals surface area contributed by atoms with Gasteiger partial charge in [0.1, 0.15) is 6.33 Å². The first kappa shape index (κ1) is 9.64. The van der Waals surface area contributed by atoms with E-state index in [-0.39, 0.29) is 5.78 Å². The number of Topliss-reactive ketones (excluding diaryl/α,β-unsaturated/α-hetero) is 1. The maximum absolute atomic E-state index is 11.3. The number of rotatable bonds is 3. The number of nitrogens with zero attached hydrogens (tertiary/aromatic N) is 4. The van der Waals surface area contributed by atoms with Crippen molar-refractivity contribution in [3.05, 3.63) is 36.2 Å². The third-order valence-electron chi connectivity index (χ3n) is 2.31. The Morgan fingerprint density at radius 1 is 1.53 bits per heavy atom. The second kappa shape index (κ2) is 3.68. The zero-order chi connectivity index (χ0) is 10.8. The molecule has 0 amide bonds. The molecule has 0 unspecified atom stereocenters. The van der Waals surface area contributed by atoms with Crippen LogP contribution in [-0.4, -0.2) is 25.1 Å². The van der Waals surface area contributed by atoms with Crippen molar-refractivity contribution in [2.75, 3.05) is 0 Å².